The molecule has 27 heavy (non-hydrogen) atoms. The average Bonchev–Trinajstić information content (AvgIpc) is 3.06. The van der Waals surface area contributed by atoms with Gasteiger partial charge in [0.1, 0.15) is 5.69 Å². The lowest BCUT2D eigenvalue weighted by molar-refractivity contribution is 0.0468. The normalized spacial score (nSPS) is 12.3. The van der Waals surface area contributed by atoms with Gasteiger partial charge in [-0.2, -0.15) is 0 Å². The minimum absolute atomic E-state index is 0.253. The van der Waals surface area contributed by atoms with E-state index in [-0.39, 0.29) is 18.1 Å². The molecule has 0 spiro atoms. The second-order valence-corrected chi connectivity index (χ2v) is 6.77. The number of hydrogen-bond acceptors (Lipinski definition) is 5. The third-order valence-electron chi connectivity index (χ3n) is 4.84. The van der Waals surface area contributed by atoms with Gasteiger partial charge in [0.15, 0.2) is 6.61 Å². The second-order valence-electron chi connectivity index (χ2n) is 6.77. The maximum Gasteiger partial charge on any atom is 0.355 e. The van der Waals surface area contributed by atoms with E-state index in [4.69, 9.17) is 9.47 Å². The third-order valence-corrected chi connectivity index (χ3v) is 4.84. The molecule has 2 rings (SSSR count). The Hall–Kier alpha value is -2.38. The predicted octanol–water partition coefficient (Wildman–Crippen LogP) is 2.79. The molecule has 0 aliphatic heterocycles. The van der Waals surface area contributed by atoms with Gasteiger partial charge in [0.05, 0.1) is 12.7 Å². The van der Waals surface area contributed by atoms with Crippen molar-refractivity contribution in [3.8, 4) is 0 Å². The van der Waals surface area contributed by atoms with Crippen molar-refractivity contribution in [2.75, 3.05) is 20.3 Å². The van der Waals surface area contributed by atoms with E-state index < -0.39 is 12.1 Å². The minimum Gasteiger partial charge on any atom is -0.453 e. The van der Waals surface area contributed by atoms with Gasteiger partial charge in [-0.3, -0.25) is 4.79 Å². The van der Waals surface area contributed by atoms with Crippen LogP contribution in [0.4, 0.5) is 0 Å². The Bertz CT molecular complexity index is 845. The lowest BCUT2D eigenvalue weighted by Gasteiger charge is -2.09. The number of aromatic nitrogens is 2. The molecular weight excluding hydrogens is 348 g/mol. The van der Waals surface area contributed by atoms with Gasteiger partial charge in [-0.15, -0.1) is 0 Å². The molecule has 2 heterocycles. The highest BCUT2D eigenvalue weighted by atomic mass is 16.5. The molecule has 1 atom stereocenters. The first-order valence-electron chi connectivity index (χ1n) is 8.92. The van der Waals surface area contributed by atoms with Crippen LogP contribution in [-0.2, 0) is 16.0 Å². The molecule has 0 bridgehead atoms. The summed E-state index contributed by atoms with van der Waals surface area (Å²) >= 11 is 0. The van der Waals surface area contributed by atoms with Crippen LogP contribution in [0.25, 0.3) is 0 Å². The SMILES string of the molecule is COCCn1c(C)cc(C(=O)COC(=O)c2[nH]c(C)c(C(C)O)c2C)c1C. The van der Waals surface area contributed by atoms with Crippen LogP contribution >= 0.6 is 0 Å². The van der Waals surface area contributed by atoms with Gasteiger partial charge in [-0.25, -0.2) is 4.79 Å². The standard InChI is InChI=1S/C20H28N2O5/c1-11-9-16(14(4)22(11)7-8-26-6)17(24)10-27-20(25)19-12(2)18(15(5)23)13(3)21-19/h9,15,21,23H,7-8,10H2,1-6H3. The predicted molar refractivity (Wildman–Crippen MR) is 101 cm³/mol. The first-order valence-corrected chi connectivity index (χ1v) is 8.92. The molecule has 7 nitrogen and oxygen atoms in total. The molecule has 2 aromatic rings. The number of aryl methyl sites for hydroxylation is 2. The first kappa shape index (κ1) is 20.9. The number of aliphatic hydroxyl groups is 1. The molecule has 0 amide bonds. The van der Waals surface area contributed by atoms with Crippen LogP contribution in [0.15, 0.2) is 6.07 Å². The Kier molecular flexibility index (Phi) is 6.62. The van der Waals surface area contributed by atoms with E-state index in [9.17, 15) is 14.7 Å². The van der Waals surface area contributed by atoms with Crippen molar-refractivity contribution in [1.29, 1.82) is 0 Å². The number of ketones is 1. The molecule has 0 saturated heterocycles. The number of nitrogens with one attached hydrogen (secondary N) is 1. The highest BCUT2D eigenvalue weighted by Crippen LogP contribution is 2.25. The largest absolute Gasteiger partial charge is 0.453 e. The van der Waals surface area contributed by atoms with Crippen molar-refractivity contribution < 1.29 is 24.2 Å². The highest BCUT2D eigenvalue weighted by Gasteiger charge is 2.23. The van der Waals surface area contributed by atoms with Crippen LogP contribution in [0, 0.1) is 27.7 Å². The molecule has 2 aromatic heterocycles. The molecule has 1 unspecified atom stereocenters. The van der Waals surface area contributed by atoms with Crippen molar-refractivity contribution in [2.24, 2.45) is 0 Å². The van der Waals surface area contributed by atoms with Gasteiger partial charge in [-0.05, 0) is 46.2 Å². The second kappa shape index (κ2) is 8.54. The minimum atomic E-state index is -0.693. The average molecular weight is 376 g/mol. The van der Waals surface area contributed by atoms with Crippen LogP contribution in [0.1, 0.15) is 62.1 Å². The summed E-state index contributed by atoms with van der Waals surface area (Å²) < 4.78 is 12.3. The Morgan fingerprint density at radius 2 is 1.93 bits per heavy atom. The van der Waals surface area contributed by atoms with Crippen LogP contribution in [-0.4, -0.2) is 46.7 Å². The fourth-order valence-electron chi connectivity index (χ4n) is 3.49. The number of aliphatic hydroxyl groups excluding tert-OH is 1. The summed E-state index contributed by atoms with van der Waals surface area (Å²) in [5.74, 6) is -0.860. The van der Waals surface area contributed by atoms with E-state index in [2.05, 4.69) is 4.98 Å². The van der Waals surface area contributed by atoms with Crippen molar-refractivity contribution in [3.63, 3.8) is 0 Å². The van der Waals surface area contributed by atoms with E-state index in [1.165, 1.54) is 0 Å². The summed E-state index contributed by atoms with van der Waals surface area (Å²) in [7, 11) is 1.63. The Balaban J connectivity index is 2.10. The molecule has 0 aromatic carbocycles. The summed E-state index contributed by atoms with van der Waals surface area (Å²) in [5.41, 5.74) is 4.61. The fourth-order valence-corrected chi connectivity index (χ4v) is 3.49. The Labute approximate surface area is 159 Å². The molecule has 0 radical (unpaired) electrons. The molecule has 0 saturated carbocycles. The van der Waals surface area contributed by atoms with Gasteiger partial charge >= 0.3 is 5.97 Å². The number of esters is 1. The smallest absolute Gasteiger partial charge is 0.355 e. The van der Waals surface area contributed by atoms with E-state index in [0.29, 0.717) is 35.5 Å². The maximum atomic E-state index is 12.5. The fraction of sp³-hybridized carbons (Fsp3) is 0.500. The van der Waals surface area contributed by atoms with E-state index >= 15 is 0 Å². The molecule has 0 fully saturated rings. The number of nitrogens with zero attached hydrogens (tertiary/aromatic N) is 1. The van der Waals surface area contributed by atoms with Crippen LogP contribution in [0.3, 0.4) is 0 Å². The highest BCUT2D eigenvalue weighted by molar-refractivity contribution is 6.00. The van der Waals surface area contributed by atoms with Gasteiger partial charge in [-0.1, -0.05) is 0 Å². The molecule has 0 aliphatic carbocycles. The molecule has 7 heteroatoms. The number of rotatable bonds is 8. The monoisotopic (exact) mass is 376 g/mol. The Morgan fingerprint density at radius 1 is 1.26 bits per heavy atom. The number of methoxy groups -OCH3 is 1. The summed E-state index contributed by atoms with van der Waals surface area (Å²) in [4.78, 5) is 27.9. The molecule has 148 valence electrons. The number of carbonyl (C=O) groups is 2. The lowest BCUT2D eigenvalue weighted by atomic mass is 10.1. The van der Waals surface area contributed by atoms with Gasteiger partial charge in [0.25, 0.3) is 0 Å². The van der Waals surface area contributed by atoms with E-state index in [0.717, 1.165) is 11.4 Å². The quantitative estimate of drug-likeness (QED) is 0.546. The van der Waals surface area contributed by atoms with Gasteiger partial charge in [0.2, 0.25) is 5.78 Å². The van der Waals surface area contributed by atoms with Crippen LogP contribution < -0.4 is 0 Å². The number of carbonyl (C=O) groups excluding carboxylic acids is 2. The number of hydrogen-bond donors (Lipinski definition) is 2. The number of H-pyrrole nitrogens is 1. The van der Waals surface area contributed by atoms with Crippen LogP contribution in [0.5, 0.6) is 0 Å². The summed E-state index contributed by atoms with van der Waals surface area (Å²) in [5, 5.41) is 9.83. The zero-order valence-corrected chi connectivity index (χ0v) is 16.8. The molecular formula is C20H28N2O5. The van der Waals surface area contributed by atoms with Crippen molar-refractivity contribution in [1.82, 2.24) is 9.55 Å². The number of ether oxygens (including phenoxy) is 2. The topological polar surface area (TPSA) is 93.5 Å². The van der Waals surface area contributed by atoms with Gasteiger partial charge < -0.3 is 24.1 Å². The zero-order valence-electron chi connectivity index (χ0n) is 16.8. The van der Waals surface area contributed by atoms with Gasteiger partial charge in [0, 0.05) is 41.9 Å². The molecule has 2 N–H and O–H groups in total. The number of Topliss-reactive ketones (excluding diaryl/α,β-unsaturated/α-hetero) is 1. The van der Waals surface area contributed by atoms with E-state index in [1.807, 2.05) is 18.4 Å². The van der Waals surface area contributed by atoms with Crippen molar-refractivity contribution in [2.45, 2.75) is 47.3 Å². The summed E-state index contributed by atoms with van der Waals surface area (Å²) in [6, 6.07) is 1.80. The Morgan fingerprint density at radius 3 is 2.48 bits per heavy atom. The summed E-state index contributed by atoms with van der Waals surface area (Å²) in [6.45, 7) is 9.83. The first-order chi connectivity index (χ1) is 12.7. The van der Waals surface area contributed by atoms with Crippen LogP contribution in [0.2, 0.25) is 0 Å². The summed E-state index contributed by atoms with van der Waals surface area (Å²) in [6.07, 6.45) is -0.693. The maximum absolute atomic E-state index is 12.5. The van der Waals surface area contributed by atoms with Crippen molar-refractivity contribution in [3.05, 3.63) is 45.5 Å². The van der Waals surface area contributed by atoms with E-state index in [1.54, 1.807) is 33.9 Å². The zero-order chi connectivity index (χ0) is 20.3. The van der Waals surface area contributed by atoms with Crippen molar-refractivity contribution >= 4 is 11.8 Å². The number of aromatic amines is 1. The molecule has 0 aliphatic rings. The third kappa shape index (κ3) is 4.31. The lowest BCUT2D eigenvalue weighted by Crippen LogP contribution is -2.16.